The van der Waals surface area contributed by atoms with Crippen molar-refractivity contribution in [2.45, 2.75) is 47.8 Å². The predicted molar refractivity (Wildman–Crippen MR) is 44.0 cm³/mol. The number of rotatable bonds is 5. The van der Waals surface area contributed by atoms with Gasteiger partial charge in [0.1, 0.15) is 0 Å². The molecule has 26 heavy (non-hydrogen) atoms. The van der Waals surface area contributed by atoms with Gasteiger partial charge in [-0.05, 0) is 0 Å². The Kier molecular flexibility index (Phi) is 5.39. The topological polar surface area (TPSA) is 40.5 Å². The summed E-state index contributed by atoms with van der Waals surface area (Å²) in [5, 5.41) is 15.8. The van der Waals surface area contributed by atoms with Crippen LogP contribution in [0.1, 0.15) is 0 Å². The van der Waals surface area contributed by atoms with Crippen LogP contribution >= 0.6 is 0 Å². The lowest BCUT2D eigenvalue weighted by Gasteiger charge is -2.43. The van der Waals surface area contributed by atoms with Crippen LogP contribution in [0, 0.1) is 0 Å². The van der Waals surface area contributed by atoms with E-state index in [9.17, 15) is 70.2 Å². The number of hydrogen-bond donors (Lipinski definition) is 2. The molecular weight excluding hydrogens is 432 g/mol. The number of hydrogen-bond acceptors (Lipinski definition) is 2. The van der Waals surface area contributed by atoms with E-state index in [4.69, 9.17) is 10.2 Å². The van der Waals surface area contributed by atoms with Gasteiger partial charge in [0.2, 0.25) is 0 Å². The van der Waals surface area contributed by atoms with Crippen LogP contribution in [0.2, 0.25) is 0 Å². The third-order valence-corrected chi connectivity index (χ3v) is 2.77. The summed E-state index contributed by atoms with van der Waals surface area (Å²) in [4.78, 5) is 0. The Hall–Kier alpha value is -1.20. The number of aliphatic hydroxyl groups is 2. The van der Waals surface area contributed by atoms with Gasteiger partial charge in [-0.15, -0.1) is 0 Å². The summed E-state index contributed by atoms with van der Waals surface area (Å²) in [6.07, 6.45) is -15.1. The van der Waals surface area contributed by atoms with Gasteiger partial charge >= 0.3 is 47.8 Å². The zero-order valence-electron chi connectivity index (χ0n) is 10.9. The molecule has 0 saturated heterocycles. The number of halogens is 16. The first kappa shape index (κ1) is 24.8. The summed E-state index contributed by atoms with van der Waals surface area (Å²) in [6, 6.07) is 0. The molecule has 0 atom stereocenters. The maximum atomic E-state index is 12.9. The molecule has 0 heterocycles. The molecule has 0 fully saturated rings. The van der Waals surface area contributed by atoms with E-state index in [1.807, 2.05) is 0 Å². The molecule has 18 heteroatoms. The van der Waals surface area contributed by atoms with E-state index in [-0.39, 0.29) is 0 Å². The highest BCUT2D eigenvalue weighted by molar-refractivity contribution is 5.13. The smallest absolute Gasteiger partial charge is 0.354 e. The van der Waals surface area contributed by atoms with E-state index in [1.54, 1.807) is 0 Å². The first-order valence-corrected chi connectivity index (χ1v) is 5.22. The van der Waals surface area contributed by atoms with Crippen LogP contribution in [0.25, 0.3) is 0 Å². The second-order valence-corrected chi connectivity index (χ2v) is 4.54. The molecule has 0 amide bonds. The van der Waals surface area contributed by atoms with Crippen LogP contribution in [0.15, 0.2) is 0 Å². The van der Waals surface area contributed by atoms with Crippen molar-refractivity contribution >= 4 is 0 Å². The zero-order valence-corrected chi connectivity index (χ0v) is 10.9. The molecule has 0 aromatic rings. The van der Waals surface area contributed by atoms with Gasteiger partial charge in [0.15, 0.2) is 0 Å². The quantitative estimate of drug-likeness (QED) is 0.508. The van der Waals surface area contributed by atoms with Crippen LogP contribution in [0.4, 0.5) is 70.2 Å². The van der Waals surface area contributed by atoms with Crippen molar-refractivity contribution in [1.29, 1.82) is 0 Å². The van der Waals surface area contributed by atoms with Gasteiger partial charge < -0.3 is 10.2 Å². The van der Waals surface area contributed by atoms with E-state index in [0.717, 1.165) is 0 Å². The van der Waals surface area contributed by atoms with E-state index >= 15 is 0 Å². The average molecular weight is 434 g/mol. The molecular formula is C8H2F16O2. The maximum absolute atomic E-state index is 12.9. The molecule has 158 valence electrons. The van der Waals surface area contributed by atoms with Crippen molar-refractivity contribution in [3.63, 3.8) is 0 Å². The lowest BCUT2D eigenvalue weighted by molar-refractivity contribution is -0.490. The van der Waals surface area contributed by atoms with Crippen LogP contribution in [-0.4, -0.2) is 58.0 Å². The SMILES string of the molecule is OC(O)(C(F)(F)F)C(F)(F)C(F)(F)C(F)(F)C(F)(F)C(F)(F)C(F)(F)F. The molecule has 0 aliphatic carbocycles. The Morgan fingerprint density at radius 1 is 0.308 bits per heavy atom. The zero-order chi connectivity index (χ0) is 22.0. The number of alkyl halides is 16. The largest absolute Gasteiger partial charge is 0.460 e. The Morgan fingerprint density at radius 3 is 0.769 bits per heavy atom. The Labute approximate surface area is 130 Å². The van der Waals surface area contributed by atoms with Crippen molar-refractivity contribution in [3.8, 4) is 0 Å². The normalized spacial score (nSPS) is 16.8. The van der Waals surface area contributed by atoms with Crippen LogP contribution < -0.4 is 0 Å². The minimum Gasteiger partial charge on any atom is -0.354 e. The van der Waals surface area contributed by atoms with E-state index < -0.39 is 47.8 Å². The van der Waals surface area contributed by atoms with Gasteiger partial charge in [-0.25, -0.2) is 0 Å². The van der Waals surface area contributed by atoms with Gasteiger partial charge in [-0.3, -0.25) is 0 Å². The Bertz CT molecular complexity index is 477. The summed E-state index contributed by atoms with van der Waals surface area (Å²) < 4.78 is 198. The third kappa shape index (κ3) is 2.84. The molecule has 0 saturated carbocycles. The molecule has 2 N–H and O–H groups in total. The van der Waals surface area contributed by atoms with Gasteiger partial charge in [0.05, 0.1) is 0 Å². The maximum Gasteiger partial charge on any atom is 0.460 e. The highest BCUT2D eigenvalue weighted by Gasteiger charge is 2.94. The second kappa shape index (κ2) is 5.65. The van der Waals surface area contributed by atoms with Gasteiger partial charge in [0.25, 0.3) is 0 Å². The van der Waals surface area contributed by atoms with Crippen molar-refractivity contribution in [1.82, 2.24) is 0 Å². The van der Waals surface area contributed by atoms with Gasteiger partial charge in [0, 0.05) is 0 Å². The molecule has 0 radical (unpaired) electrons. The monoisotopic (exact) mass is 434 g/mol. The molecule has 0 aromatic heterocycles. The molecule has 0 rings (SSSR count). The average Bonchev–Trinajstić information content (AvgIpc) is 2.34. The van der Waals surface area contributed by atoms with E-state index in [2.05, 4.69) is 0 Å². The summed E-state index contributed by atoms with van der Waals surface area (Å²) in [6.45, 7) is 0. The second-order valence-electron chi connectivity index (χ2n) is 4.54. The summed E-state index contributed by atoms with van der Waals surface area (Å²) in [5.41, 5.74) is 0. The molecule has 0 unspecified atom stereocenters. The minimum atomic E-state index is -8.56. The third-order valence-electron chi connectivity index (χ3n) is 2.77. The Morgan fingerprint density at radius 2 is 0.538 bits per heavy atom. The fraction of sp³-hybridized carbons (Fsp3) is 1.00. The van der Waals surface area contributed by atoms with E-state index in [1.165, 1.54) is 0 Å². The Balaban J connectivity index is 6.61. The first-order valence-electron chi connectivity index (χ1n) is 5.22. The van der Waals surface area contributed by atoms with Crippen LogP contribution in [-0.2, 0) is 0 Å². The first-order chi connectivity index (χ1) is 10.8. The highest BCUT2D eigenvalue weighted by Crippen LogP contribution is 2.62. The summed E-state index contributed by atoms with van der Waals surface area (Å²) >= 11 is 0. The summed E-state index contributed by atoms with van der Waals surface area (Å²) in [7, 11) is 0. The molecule has 2 nitrogen and oxygen atoms in total. The fourth-order valence-electron chi connectivity index (χ4n) is 1.17. The summed E-state index contributed by atoms with van der Waals surface area (Å²) in [5.74, 6) is -49.0. The standard InChI is InChI=1S/C8H2F16O2/c9-1(10,3(13,14)5(17,18)7(19,20)21)2(11,12)4(15,16)6(25,26)8(22,23)24/h25-26H. The van der Waals surface area contributed by atoms with Crippen LogP contribution in [0.3, 0.4) is 0 Å². The fourth-order valence-corrected chi connectivity index (χ4v) is 1.17. The molecule has 0 bridgehead atoms. The van der Waals surface area contributed by atoms with Crippen molar-refractivity contribution in [3.05, 3.63) is 0 Å². The predicted octanol–water partition coefficient (Wildman–Crippen LogP) is 3.97. The van der Waals surface area contributed by atoms with Gasteiger partial charge in [-0.2, -0.15) is 70.2 Å². The van der Waals surface area contributed by atoms with Crippen molar-refractivity contribution in [2.24, 2.45) is 0 Å². The van der Waals surface area contributed by atoms with Crippen molar-refractivity contribution < 1.29 is 80.5 Å². The van der Waals surface area contributed by atoms with Crippen molar-refractivity contribution in [2.75, 3.05) is 0 Å². The lowest BCUT2D eigenvalue weighted by atomic mass is 9.90. The molecule has 0 aliphatic rings. The lowest BCUT2D eigenvalue weighted by Crippen LogP contribution is -2.75. The molecule has 0 aromatic carbocycles. The van der Waals surface area contributed by atoms with Gasteiger partial charge in [-0.1, -0.05) is 0 Å². The van der Waals surface area contributed by atoms with E-state index in [0.29, 0.717) is 0 Å². The highest BCUT2D eigenvalue weighted by atomic mass is 19.4. The molecule has 0 aliphatic heterocycles. The molecule has 0 spiro atoms. The van der Waals surface area contributed by atoms with Crippen LogP contribution in [0.5, 0.6) is 0 Å². The minimum absolute atomic E-state index is 7.23.